The fourth-order valence-corrected chi connectivity index (χ4v) is 3.09. The van der Waals surface area contributed by atoms with Crippen LogP contribution in [0.1, 0.15) is 0 Å². The van der Waals surface area contributed by atoms with E-state index >= 15 is 0 Å². The van der Waals surface area contributed by atoms with E-state index in [0.717, 1.165) is 0 Å². The molecule has 2 aromatic carbocycles. The van der Waals surface area contributed by atoms with Gasteiger partial charge in [0.2, 0.25) is 5.75 Å². The molecule has 1 N–H and O–H groups in total. The van der Waals surface area contributed by atoms with Gasteiger partial charge in [0.25, 0.3) is 6.79 Å². The van der Waals surface area contributed by atoms with Crippen molar-refractivity contribution in [2.45, 2.75) is 0 Å². The average Bonchev–Trinajstić information content (AvgIpc) is 2.88. The number of rotatable bonds is 17. The summed E-state index contributed by atoms with van der Waals surface area (Å²) in [6.07, 6.45) is 6.50. The molecule has 0 radical (unpaired) electrons. The molecule has 0 amide bonds. The van der Waals surface area contributed by atoms with E-state index in [-0.39, 0.29) is 12.4 Å². The van der Waals surface area contributed by atoms with Crippen LogP contribution in [0.15, 0.2) is 42.7 Å². The van der Waals surface area contributed by atoms with Crippen molar-refractivity contribution >= 4 is 29.2 Å². The van der Waals surface area contributed by atoms with E-state index in [9.17, 15) is 4.39 Å². The molecule has 9 nitrogen and oxygen atoms in total. The number of aromatic nitrogens is 2. The quantitative estimate of drug-likeness (QED) is 0.171. The molecule has 0 saturated heterocycles. The fourth-order valence-electron chi connectivity index (χ4n) is 3.09. The molecule has 0 aliphatic heterocycles. The average molecular weight is 499 g/mol. The van der Waals surface area contributed by atoms with Gasteiger partial charge in [-0.05, 0) is 18.2 Å². The van der Waals surface area contributed by atoms with Crippen molar-refractivity contribution in [1.29, 1.82) is 0 Å². The van der Waals surface area contributed by atoms with Gasteiger partial charge in [-0.1, -0.05) is 12.0 Å². The lowest BCUT2D eigenvalue weighted by Gasteiger charge is -2.10. The van der Waals surface area contributed by atoms with Crippen LogP contribution in [-0.2, 0) is 23.4 Å². The molecule has 0 spiro atoms. The highest BCUT2D eigenvalue weighted by Crippen LogP contribution is 2.34. The molecular formula is C26H29FN3O6+. The first-order valence-electron chi connectivity index (χ1n) is 11.3. The molecule has 3 rings (SSSR count). The number of nitrogens with zero attached hydrogens (tertiary/aromatic N) is 2. The Morgan fingerprint density at radius 3 is 2.28 bits per heavy atom. The summed E-state index contributed by atoms with van der Waals surface area (Å²) < 4.78 is 46.0. The van der Waals surface area contributed by atoms with Crippen molar-refractivity contribution in [1.82, 2.24) is 9.97 Å². The van der Waals surface area contributed by atoms with E-state index in [1.54, 1.807) is 24.3 Å². The molecule has 0 bridgehead atoms. The number of terminal acetylenes is 1. The van der Waals surface area contributed by atoms with E-state index in [0.29, 0.717) is 86.8 Å². The van der Waals surface area contributed by atoms with E-state index in [1.165, 1.54) is 18.5 Å². The summed E-state index contributed by atoms with van der Waals surface area (Å²) in [5.41, 5.74) is 1.19. The third-order valence-electron chi connectivity index (χ3n) is 4.73. The highest BCUT2D eigenvalue weighted by molar-refractivity contribution is 5.92. The van der Waals surface area contributed by atoms with Crippen molar-refractivity contribution in [2.24, 2.45) is 0 Å². The van der Waals surface area contributed by atoms with Gasteiger partial charge in [-0.3, -0.25) is 0 Å². The predicted octanol–water partition coefficient (Wildman–Crippen LogP) is 3.67. The van der Waals surface area contributed by atoms with Crippen LogP contribution in [-0.4, -0.2) is 76.2 Å². The number of hydrogen-bond donors (Lipinski definition) is 1. The minimum absolute atomic E-state index is 0.288. The van der Waals surface area contributed by atoms with Crippen LogP contribution in [0, 0.1) is 18.2 Å². The SMILES string of the molecule is C#CCOCCOCCOCCOCCOc1cc2ncnc(Nc3cccc(F)c3)c2cc1[O+]=C. The zero-order valence-corrected chi connectivity index (χ0v) is 19.9. The van der Waals surface area contributed by atoms with Crippen LogP contribution in [0.2, 0.25) is 0 Å². The summed E-state index contributed by atoms with van der Waals surface area (Å²) in [6, 6.07) is 9.55. The molecule has 10 heteroatoms. The number of anilines is 2. The minimum atomic E-state index is -0.350. The first-order chi connectivity index (χ1) is 17.7. The Kier molecular flexibility index (Phi) is 11.5. The van der Waals surface area contributed by atoms with Crippen LogP contribution in [0.25, 0.3) is 10.9 Å². The highest BCUT2D eigenvalue weighted by atomic mass is 19.1. The summed E-state index contributed by atoms with van der Waals surface area (Å²) in [5, 5.41) is 3.77. The molecule has 0 fully saturated rings. The molecule has 0 aliphatic carbocycles. The Balaban J connectivity index is 1.40. The van der Waals surface area contributed by atoms with Gasteiger partial charge in [0.05, 0.1) is 63.2 Å². The van der Waals surface area contributed by atoms with Crippen LogP contribution in [0.3, 0.4) is 0 Å². The van der Waals surface area contributed by atoms with E-state index < -0.39 is 0 Å². The van der Waals surface area contributed by atoms with E-state index in [1.807, 2.05) is 0 Å². The maximum atomic E-state index is 13.5. The number of ether oxygens (including phenoxy) is 5. The van der Waals surface area contributed by atoms with Crippen LogP contribution < -0.4 is 10.1 Å². The van der Waals surface area contributed by atoms with Crippen molar-refractivity contribution in [3.63, 3.8) is 0 Å². The van der Waals surface area contributed by atoms with Crippen molar-refractivity contribution in [3.05, 3.63) is 48.5 Å². The maximum Gasteiger partial charge on any atom is 0.393 e. The Morgan fingerprint density at radius 1 is 0.917 bits per heavy atom. The number of carbonyl (C=O) groups excluding carboxylic acids is 1. The first-order valence-corrected chi connectivity index (χ1v) is 11.3. The Labute approximate surface area is 209 Å². The molecule has 1 aromatic heterocycles. The molecule has 36 heavy (non-hydrogen) atoms. The zero-order chi connectivity index (χ0) is 25.4. The van der Waals surface area contributed by atoms with Crippen molar-refractivity contribution in [3.8, 4) is 23.8 Å². The number of halogens is 1. The van der Waals surface area contributed by atoms with Crippen molar-refractivity contribution in [2.75, 3.05) is 64.8 Å². The number of nitrogens with one attached hydrogen (secondary N) is 1. The Morgan fingerprint density at radius 2 is 1.61 bits per heavy atom. The standard InChI is InChI=1S/C26H29FN3O6/c1-3-7-32-8-9-33-10-11-34-12-13-35-14-15-36-25-18-23-22(17-24(25)31-2)26(29-19-28-23)30-21-6-4-5-20(27)16-21/h1,4-6,16-19H,2,7-15H2,(H,28,29,30)/q+1. The number of hydrogen-bond acceptors (Lipinski definition) is 8. The molecule has 0 aliphatic rings. The fraction of sp³-hybridized carbons (Fsp3) is 0.346. The van der Waals surface area contributed by atoms with Gasteiger partial charge in [-0.25, -0.2) is 18.8 Å². The minimum Gasteiger partial charge on any atom is -0.483 e. The van der Waals surface area contributed by atoms with Crippen molar-refractivity contribution < 1.29 is 32.5 Å². The lowest BCUT2D eigenvalue weighted by atomic mass is 10.2. The first kappa shape index (κ1) is 27.0. The summed E-state index contributed by atoms with van der Waals surface area (Å²) in [7, 11) is 0. The molecule has 1 heterocycles. The smallest absolute Gasteiger partial charge is 0.393 e. The van der Waals surface area contributed by atoms with Gasteiger partial charge >= 0.3 is 5.75 Å². The lowest BCUT2D eigenvalue weighted by Crippen LogP contribution is -2.13. The molecular weight excluding hydrogens is 469 g/mol. The van der Waals surface area contributed by atoms with Crippen LogP contribution in [0.5, 0.6) is 11.5 Å². The normalized spacial score (nSPS) is 10.8. The Bertz CT molecular complexity index is 1150. The molecule has 190 valence electrons. The van der Waals surface area contributed by atoms with E-state index in [2.05, 4.69) is 28.0 Å². The second kappa shape index (κ2) is 15.4. The highest BCUT2D eigenvalue weighted by Gasteiger charge is 2.17. The van der Waals surface area contributed by atoms with Gasteiger partial charge in [-0.2, -0.15) is 0 Å². The topological polar surface area (TPSA) is 95.3 Å². The van der Waals surface area contributed by atoms with Crippen LogP contribution in [0.4, 0.5) is 15.9 Å². The lowest BCUT2D eigenvalue weighted by molar-refractivity contribution is -0.356. The second-order valence-electron chi connectivity index (χ2n) is 7.26. The molecule has 3 aromatic rings. The third-order valence-corrected chi connectivity index (χ3v) is 4.73. The van der Waals surface area contributed by atoms with Crippen LogP contribution >= 0.6 is 0 Å². The monoisotopic (exact) mass is 498 g/mol. The molecule has 0 atom stereocenters. The van der Waals surface area contributed by atoms with E-state index in [4.69, 9.17) is 34.5 Å². The summed E-state index contributed by atoms with van der Waals surface area (Å²) in [4.78, 5) is 8.57. The number of fused-ring (bicyclic) bond motifs is 1. The number of benzene rings is 2. The molecule has 0 saturated carbocycles. The summed E-state index contributed by atoms with van der Waals surface area (Å²) in [5.74, 6) is 3.42. The van der Waals surface area contributed by atoms with Gasteiger partial charge < -0.3 is 29.0 Å². The summed E-state index contributed by atoms with van der Waals surface area (Å²) in [6.45, 7) is 7.19. The van der Waals surface area contributed by atoms with Gasteiger partial charge in [-0.15, -0.1) is 6.42 Å². The van der Waals surface area contributed by atoms with Gasteiger partial charge in [0.1, 0.15) is 31.2 Å². The second-order valence-corrected chi connectivity index (χ2v) is 7.26. The zero-order valence-electron chi connectivity index (χ0n) is 19.9. The maximum absolute atomic E-state index is 13.5. The Hall–Kier alpha value is -3.62. The van der Waals surface area contributed by atoms with Gasteiger partial charge in [0.15, 0.2) is 0 Å². The predicted molar refractivity (Wildman–Crippen MR) is 133 cm³/mol. The molecule has 0 unspecified atom stereocenters. The summed E-state index contributed by atoms with van der Waals surface area (Å²) >= 11 is 0. The van der Waals surface area contributed by atoms with Gasteiger partial charge in [0, 0.05) is 11.8 Å². The largest absolute Gasteiger partial charge is 0.483 e. The third kappa shape index (κ3) is 8.87.